The minimum absolute atomic E-state index is 0.0438. The van der Waals surface area contributed by atoms with Crippen LogP contribution < -0.4 is 5.32 Å². The van der Waals surface area contributed by atoms with Crippen molar-refractivity contribution in [3.8, 4) is 6.07 Å². The van der Waals surface area contributed by atoms with Gasteiger partial charge in [0.2, 0.25) is 5.91 Å². The van der Waals surface area contributed by atoms with Crippen LogP contribution in [0.2, 0.25) is 0 Å². The van der Waals surface area contributed by atoms with E-state index in [2.05, 4.69) is 25.4 Å². The first kappa shape index (κ1) is 13.3. The van der Waals surface area contributed by atoms with E-state index in [1.54, 1.807) is 11.8 Å². The molecule has 14 heavy (non-hydrogen) atoms. The van der Waals surface area contributed by atoms with Crippen molar-refractivity contribution in [1.82, 2.24) is 5.32 Å². The molecule has 0 aliphatic rings. The SMILES string of the molecule is CCC(CC)(CNC(=O)CC#N)SC. The van der Waals surface area contributed by atoms with Gasteiger partial charge in [0.1, 0.15) is 6.42 Å². The van der Waals surface area contributed by atoms with Gasteiger partial charge in [-0.2, -0.15) is 17.0 Å². The molecule has 0 radical (unpaired) electrons. The summed E-state index contributed by atoms with van der Waals surface area (Å²) in [5, 5.41) is 11.1. The highest BCUT2D eigenvalue weighted by Crippen LogP contribution is 2.29. The van der Waals surface area contributed by atoms with Crippen LogP contribution in [0.4, 0.5) is 0 Å². The predicted molar refractivity (Wildman–Crippen MR) is 60.1 cm³/mol. The lowest BCUT2D eigenvalue weighted by molar-refractivity contribution is -0.120. The van der Waals surface area contributed by atoms with Gasteiger partial charge in [-0.1, -0.05) is 13.8 Å². The Hall–Kier alpha value is -0.690. The van der Waals surface area contributed by atoms with Crippen molar-refractivity contribution < 1.29 is 4.79 Å². The van der Waals surface area contributed by atoms with Crippen LogP contribution in [0.5, 0.6) is 0 Å². The summed E-state index contributed by atoms with van der Waals surface area (Å²) in [6, 6.07) is 1.84. The molecule has 0 rings (SSSR count). The van der Waals surface area contributed by atoms with E-state index < -0.39 is 0 Å². The summed E-state index contributed by atoms with van der Waals surface area (Å²) in [5.74, 6) is -0.173. The lowest BCUT2D eigenvalue weighted by Crippen LogP contribution is -2.39. The fraction of sp³-hybridized carbons (Fsp3) is 0.800. The Kier molecular flexibility index (Phi) is 6.39. The number of hydrogen-bond donors (Lipinski definition) is 1. The average Bonchev–Trinajstić information content (AvgIpc) is 2.21. The van der Waals surface area contributed by atoms with Gasteiger partial charge >= 0.3 is 0 Å². The third kappa shape index (κ3) is 4.01. The molecule has 0 spiro atoms. The maximum atomic E-state index is 11.1. The van der Waals surface area contributed by atoms with Crippen molar-refractivity contribution in [3.63, 3.8) is 0 Å². The lowest BCUT2D eigenvalue weighted by Gasteiger charge is -2.29. The zero-order valence-corrected chi connectivity index (χ0v) is 9.91. The molecule has 0 heterocycles. The quantitative estimate of drug-likeness (QED) is 0.735. The van der Waals surface area contributed by atoms with E-state index in [9.17, 15) is 4.79 Å². The van der Waals surface area contributed by atoms with Gasteiger partial charge in [0.25, 0.3) is 0 Å². The normalized spacial score (nSPS) is 10.7. The molecule has 0 saturated carbocycles. The van der Waals surface area contributed by atoms with Crippen molar-refractivity contribution in [2.24, 2.45) is 0 Å². The molecular weight excluding hydrogens is 196 g/mol. The highest BCUT2D eigenvalue weighted by atomic mass is 32.2. The van der Waals surface area contributed by atoms with Crippen LogP contribution in [-0.4, -0.2) is 23.5 Å². The van der Waals surface area contributed by atoms with Gasteiger partial charge in [0.05, 0.1) is 6.07 Å². The lowest BCUT2D eigenvalue weighted by atomic mass is 10.0. The van der Waals surface area contributed by atoms with Crippen molar-refractivity contribution in [2.75, 3.05) is 12.8 Å². The van der Waals surface area contributed by atoms with Crippen molar-refractivity contribution in [3.05, 3.63) is 0 Å². The van der Waals surface area contributed by atoms with E-state index in [1.807, 2.05) is 6.07 Å². The van der Waals surface area contributed by atoms with Gasteiger partial charge in [-0.05, 0) is 19.1 Å². The summed E-state index contributed by atoms with van der Waals surface area (Å²) < 4.78 is 0.130. The first-order valence-corrected chi connectivity index (χ1v) is 6.05. The number of carbonyl (C=O) groups excluding carboxylic acids is 1. The summed E-state index contributed by atoms with van der Waals surface area (Å²) in [6.45, 7) is 4.90. The van der Waals surface area contributed by atoms with Gasteiger partial charge in [-0.25, -0.2) is 0 Å². The fourth-order valence-electron chi connectivity index (χ4n) is 1.25. The molecule has 0 bridgehead atoms. The Labute approximate surface area is 90.3 Å². The van der Waals surface area contributed by atoms with Crippen LogP contribution in [0.1, 0.15) is 33.1 Å². The molecule has 0 fully saturated rings. The molecule has 0 aliphatic heterocycles. The molecule has 0 aromatic heterocycles. The van der Waals surface area contributed by atoms with Gasteiger partial charge in [-0.15, -0.1) is 0 Å². The number of nitrogens with zero attached hydrogens (tertiary/aromatic N) is 1. The molecule has 1 amide bonds. The third-order valence-corrected chi connectivity index (χ3v) is 4.16. The largest absolute Gasteiger partial charge is 0.354 e. The predicted octanol–water partition coefficient (Wildman–Crippen LogP) is 1.94. The van der Waals surface area contributed by atoms with Crippen LogP contribution in [0, 0.1) is 11.3 Å². The van der Waals surface area contributed by atoms with Crippen LogP contribution in [0.3, 0.4) is 0 Å². The molecule has 0 aromatic carbocycles. The smallest absolute Gasteiger partial charge is 0.234 e. The fourth-order valence-corrected chi connectivity index (χ4v) is 2.05. The van der Waals surface area contributed by atoms with E-state index in [0.29, 0.717) is 6.54 Å². The highest BCUT2D eigenvalue weighted by molar-refractivity contribution is 8.00. The van der Waals surface area contributed by atoms with Crippen molar-refractivity contribution >= 4 is 17.7 Å². The van der Waals surface area contributed by atoms with Gasteiger partial charge in [-0.3, -0.25) is 4.79 Å². The van der Waals surface area contributed by atoms with Gasteiger partial charge < -0.3 is 5.32 Å². The molecule has 3 nitrogen and oxygen atoms in total. The molecule has 1 N–H and O–H groups in total. The first-order chi connectivity index (χ1) is 6.64. The van der Waals surface area contributed by atoms with E-state index in [-0.39, 0.29) is 17.1 Å². The van der Waals surface area contributed by atoms with Gasteiger partial charge in [0.15, 0.2) is 0 Å². The van der Waals surface area contributed by atoms with E-state index >= 15 is 0 Å². The summed E-state index contributed by atoms with van der Waals surface area (Å²) in [7, 11) is 0. The summed E-state index contributed by atoms with van der Waals surface area (Å²) in [4.78, 5) is 11.1. The monoisotopic (exact) mass is 214 g/mol. The maximum Gasteiger partial charge on any atom is 0.234 e. The van der Waals surface area contributed by atoms with Crippen LogP contribution >= 0.6 is 11.8 Å². The number of hydrogen-bond acceptors (Lipinski definition) is 3. The van der Waals surface area contributed by atoms with Crippen molar-refractivity contribution in [2.45, 2.75) is 37.9 Å². The zero-order valence-electron chi connectivity index (χ0n) is 9.09. The van der Waals surface area contributed by atoms with Crippen LogP contribution in [0.15, 0.2) is 0 Å². The number of carbonyl (C=O) groups is 1. The highest BCUT2D eigenvalue weighted by Gasteiger charge is 2.25. The number of rotatable bonds is 6. The molecule has 4 heteroatoms. The van der Waals surface area contributed by atoms with Gasteiger partial charge in [0, 0.05) is 11.3 Å². The second kappa shape index (κ2) is 6.72. The minimum Gasteiger partial charge on any atom is -0.354 e. The summed E-state index contributed by atoms with van der Waals surface area (Å²) >= 11 is 1.78. The Bertz CT molecular complexity index is 210. The molecular formula is C10H18N2OS. The Morgan fingerprint density at radius 3 is 2.43 bits per heavy atom. The van der Waals surface area contributed by atoms with Crippen LogP contribution in [-0.2, 0) is 4.79 Å². The number of nitrogens with one attached hydrogen (secondary N) is 1. The molecule has 0 saturated heterocycles. The molecule has 0 atom stereocenters. The third-order valence-electron chi connectivity index (χ3n) is 2.57. The maximum absolute atomic E-state index is 11.1. The molecule has 0 aromatic rings. The Morgan fingerprint density at radius 1 is 1.50 bits per heavy atom. The Morgan fingerprint density at radius 2 is 2.07 bits per heavy atom. The van der Waals surface area contributed by atoms with Crippen molar-refractivity contribution in [1.29, 1.82) is 5.26 Å². The number of amides is 1. The standard InChI is InChI=1S/C10H18N2OS/c1-4-10(5-2,14-3)8-12-9(13)6-7-11/h4-6,8H2,1-3H3,(H,12,13). The summed E-state index contributed by atoms with van der Waals surface area (Å²) in [5.41, 5.74) is 0. The van der Waals surface area contributed by atoms with E-state index in [1.165, 1.54) is 0 Å². The minimum atomic E-state index is -0.173. The van der Waals surface area contributed by atoms with E-state index in [0.717, 1.165) is 12.8 Å². The second-order valence-electron chi connectivity index (χ2n) is 3.21. The van der Waals surface area contributed by atoms with E-state index in [4.69, 9.17) is 5.26 Å². The molecule has 80 valence electrons. The molecule has 0 unspecified atom stereocenters. The average molecular weight is 214 g/mol. The topological polar surface area (TPSA) is 52.9 Å². The first-order valence-electron chi connectivity index (χ1n) is 4.83. The number of thioether (sulfide) groups is 1. The Balaban J connectivity index is 4.07. The molecule has 0 aliphatic carbocycles. The summed E-state index contributed by atoms with van der Waals surface area (Å²) in [6.07, 6.45) is 4.07. The number of nitriles is 1. The second-order valence-corrected chi connectivity index (χ2v) is 4.48. The zero-order chi connectivity index (χ0) is 11.0. The van der Waals surface area contributed by atoms with Crippen LogP contribution in [0.25, 0.3) is 0 Å².